The summed E-state index contributed by atoms with van der Waals surface area (Å²) in [5, 5.41) is 10.4. The van der Waals surface area contributed by atoms with E-state index in [9.17, 15) is 5.11 Å². The maximum Gasteiger partial charge on any atom is 0.0624 e. The van der Waals surface area contributed by atoms with Crippen LogP contribution < -0.4 is 5.73 Å². The van der Waals surface area contributed by atoms with E-state index in [0.29, 0.717) is 6.54 Å². The summed E-state index contributed by atoms with van der Waals surface area (Å²) in [5.74, 6) is 0. The zero-order chi connectivity index (χ0) is 14.6. The first kappa shape index (κ1) is 14.8. The largest absolute Gasteiger partial charge is 0.392 e. The van der Waals surface area contributed by atoms with Crippen molar-refractivity contribution in [2.45, 2.75) is 31.8 Å². The molecule has 0 aliphatic carbocycles. The lowest BCUT2D eigenvalue weighted by atomic mass is 9.72. The van der Waals surface area contributed by atoms with Crippen LogP contribution in [0.5, 0.6) is 0 Å². The molecule has 0 saturated carbocycles. The van der Waals surface area contributed by atoms with Crippen LogP contribution in [0, 0.1) is 6.92 Å². The van der Waals surface area contributed by atoms with Crippen molar-refractivity contribution < 1.29 is 5.11 Å². The van der Waals surface area contributed by atoms with Crippen molar-refractivity contribution in [2.24, 2.45) is 5.73 Å². The minimum Gasteiger partial charge on any atom is -0.392 e. The van der Waals surface area contributed by atoms with E-state index in [-0.39, 0.29) is 0 Å². The third kappa shape index (κ3) is 2.92. The van der Waals surface area contributed by atoms with Gasteiger partial charge < -0.3 is 10.8 Å². The fraction of sp³-hybridized carbons (Fsp3) is 0.333. The average molecular weight is 269 g/mol. The molecule has 0 saturated heterocycles. The minimum absolute atomic E-state index is 0.419. The third-order valence-corrected chi connectivity index (χ3v) is 4.15. The van der Waals surface area contributed by atoms with Gasteiger partial charge in [-0.25, -0.2) is 0 Å². The van der Waals surface area contributed by atoms with Gasteiger partial charge in [0.05, 0.1) is 6.10 Å². The van der Waals surface area contributed by atoms with Gasteiger partial charge in [-0.1, -0.05) is 60.2 Å². The van der Waals surface area contributed by atoms with Crippen LogP contribution in [0.1, 0.15) is 23.6 Å². The van der Waals surface area contributed by atoms with Crippen LogP contribution in [0.3, 0.4) is 0 Å². The molecule has 2 aromatic rings. The van der Waals surface area contributed by atoms with Crippen LogP contribution >= 0.6 is 0 Å². The van der Waals surface area contributed by atoms with Crippen molar-refractivity contribution in [3.63, 3.8) is 0 Å². The number of hydrogen-bond acceptors (Lipinski definition) is 2. The summed E-state index contributed by atoms with van der Waals surface area (Å²) in [6.07, 6.45) is 0.238. The van der Waals surface area contributed by atoms with Crippen LogP contribution in [0.4, 0.5) is 0 Å². The van der Waals surface area contributed by atoms with Crippen molar-refractivity contribution in [2.75, 3.05) is 6.54 Å². The van der Waals surface area contributed by atoms with Gasteiger partial charge in [0.2, 0.25) is 0 Å². The lowest BCUT2D eigenvalue weighted by Crippen LogP contribution is -2.46. The van der Waals surface area contributed by atoms with Gasteiger partial charge in [-0.3, -0.25) is 0 Å². The lowest BCUT2D eigenvalue weighted by molar-refractivity contribution is 0.100. The number of rotatable bonds is 5. The molecule has 20 heavy (non-hydrogen) atoms. The van der Waals surface area contributed by atoms with E-state index in [2.05, 4.69) is 31.2 Å². The van der Waals surface area contributed by atoms with E-state index >= 15 is 0 Å². The van der Waals surface area contributed by atoms with Crippen molar-refractivity contribution in [1.29, 1.82) is 0 Å². The molecule has 2 heteroatoms. The second-order valence-corrected chi connectivity index (χ2v) is 5.56. The molecule has 0 fully saturated rings. The average Bonchev–Trinajstić information content (AvgIpc) is 2.47. The Balaban J connectivity index is 2.40. The maximum atomic E-state index is 10.4. The van der Waals surface area contributed by atoms with Gasteiger partial charge in [0.1, 0.15) is 0 Å². The third-order valence-electron chi connectivity index (χ3n) is 4.15. The second-order valence-electron chi connectivity index (χ2n) is 5.56. The van der Waals surface area contributed by atoms with Crippen LogP contribution in [-0.4, -0.2) is 17.8 Å². The molecule has 0 aliphatic heterocycles. The van der Waals surface area contributed by atoms with Crippen LogP contribution in [0.15, 0.2) is 54.6 Å². The molecule has 106 valence electrons. The standard InChI is InChI=1S/C18H23NO/c1-14-8-10-16(11-9-14)12-18(13-19,15(2)20)17-6-4-3-5-7-17/h3-11,15,20H,12-13,19H2,1-2H3. The van der Waals surface area contributed by atoms with Crippen molar-refractivity contribution in [3.05, 3.63) is 71.3 Å². The Bertz CT molecular complexity index is 533. The molecular formula is C18H23NO. The highest BCUT2D eigenvalue weighted by Gasteiger charge is 2.36. The van der Waals surface area contributed by atoms with Crippen LogP contribution in [-0.2, 0) is 11.8 Å². The Morgan fingerprint density at radius 2 is 1.65 bits per heavy atom. The molecular weight excluding hydrogens is 246 g/mol. The molecule has 2 rings (SSSR count). The second kappa shape index (κ2) is 6.21. The Kier molecular flexibility index (Phi) is 4.58. The van der Waals surface area contributed by atoms with Gasteiger partial charge in [0, 0.05) is 12.0 Å². The fourth-order valence-electron chi connectivity index (χ4n) is 2.69. The summed E-state index contributed by atoms with van der Waals surface area (Å²) in [7, 11) is 0. The van der Waals surface area contributed by atoms with Crippen molar-refractivity contribution >= 4 is 0 Å². The summed E-state index contributed by atoms with van der Waals surface area (Å²) in [6.45, 7) is 4.32. The first-order valence-corrected chi connectivity index (χ1v) is 7.08. The number of aliphatic hydroxyl groups excluding tert-OH is 1. The highest BCUT2D eigenvalue weighted by atomic mass is 16.3. The quantitative estimate of drug-likeness (QED) is 0.876. The number of benzene rings is 2. The molecule has 2 unspecified atom stereocenters. The highest BCUT2D eigenvalue weighted by Crippen LogP contribution is 2.31. The zero-order valence-corrected chi connectivity index (χ0v) is 12.2. The molecule has 2 nitrogen and oxygen atoms in total. The van der Waals surface area contributed by atoms with Crippen LogP contribution in [0.25, 0.3) is 0 Å². The number of aryl methyl sites for hydroxylation is 1. The summed E-state index contributed by atoms with van der Waals surface area (Å²) in [6, 6.07) is 18.5. The van der Waals surface area contributed by atoms with Gasteiger partial charge in [0.25, 0.3) is 0 Å². The molecule has 0 spiro atoms. The lowest BCUT2D eigenvalue weighted by Gasteiger charge is -2.36. The van der Waals surface area contributed by atoms with Gasteiger partial charge in [-0.05, 0) is 31.4 Å². The predicted molar refractivity (Wildman–Crippen MR) is 83.7 cm³/mol. The topological polar surface area (TPSA) is 46.2 Å². The van der Waals surface area contributed by atoms with E-state index in [1.807, 2.05) is 37.3 Å². The summed E-state index contributed by atoms with van der Waals surface area (Å²) in [5.41, 5.74) is 9.16. The van der Waals surface area contributed by atoms with E-state index < -0.39 is 11.5 Å². The maximum absolute atomic E-state index is 10.4. The smallest absolute Gasteiger partial charge is 0.0624 e. The summed E-state index contributed by atoms with van der Waals surface area (Å²) in [4.78, 5) is 0. The number of nitrogens with two attached hydrogens (primary N) is 1. The minimum atomic E-state index is -0.504. The van der Waals surface area contributed by atoms with Gasteiger partial charge in [0.15, 0.2) is 0 Å². The van der Waals surface area contributed by atoms with E-state index in [1.165, 1.54) is 11.1 Å². The van der Waals surface area contributed by atoms with Gasteiger partial charge >= 0.3 is 0 Å². The normalized spacial score (nSPS) is 15.6. The predicted octanol–water partition coefficient (Wildman–Crippen LogP) is 2.82. The van der Waals surface area contributed by atoms with Crippen molar-refractivity contribution in [1.82, 2.24) is 0 Å². The molecule has 3 N–H and O–H groups in total. The van der Waals surface area contributed by atoms with Crippen LogP contribution in [0.2, 0.25) is 0 Å². The number of hydrogen-bond donors (Lipinski definition) is 2. The monoisotopic (exact) mass is 269 g/mol. The molecule has 0 aliphatic rings. The SMILES string of the molecule is Cc1ccc(CC(CN)(c2ccccc2)C(C)O)cc1. The summed E-state index contributed by atoms with van der Waals surface area (Å²) < 4.78 is 0. The Hall–Kier alpha value is -1.64. The zero-order valence-electron chi connectivity index (χ0n) is 12.2. The molecule has 2 aromatic carbocycles. The van der Waals surface area contributed by atoms with E-state index in [0.717, 1.165) is 12.0 Å². The van der Waals surface area contributed by atoms with E-state index in [4.69, 9.17) is 5.73 Å². The molecule has 2 atom stereocenters. The Morgan fingerprint density at radius 1 is 1.05 bits per heavy atom. The molecule has 0 bridgehead atoms. The highest BCUT2D eigenvalue weighted by molar-refractivity contribution is 5.32. The molecule has 0 amide bonds. The Morgan fingerprint density at radius 3 is 2.15 bits per heavy atom. The van der Waals surface area contributed by atoms with Gasteiger partial charge in [-0.2, -0.15) is 0 Å². The van der Waals surface area contributed by atoms with Crippen molar-refractivity contribution in [3.8, 4) is 0 Å². The number of aliphatic hydroxyl groups is 1. The molecule has 0 aromatic heterocycles. The fourth-order valence-corrected chi connectivity index (χ4v) is 2.69. The van der Waals surface area contributed by atoms with Gasteiger partial charge in [-0.15, -0.1) is 0 Å². The molecule has 0 heterocycles. The first-order chi connectivity index (χ1) is 9.58. The Labute approximate surface area is 121 Å². The molecule has 0 radical (unpaired) electrons. The van der Waals surface area contributed by atoms with E-state index in [1.54, 1.807) is 0 Å². The first-order valence-electron chi connectivity index (χ1n) is 7.08. The summed E-state index contributed by atoms with van der Waals surface area (Å²) >= 11 is 0.